The van der Waals surface area contributed by atoms with Gasteiger partial charge in [-0.3, -0.25) is 0 Å². The lowest BCUT2D eigenvalue weighted by Crippen LogP contribution is -2.60. The molecule has 8 nitrogen and oxygen atoms in total. The second kappa shape index (κ2) is 6.50. The van der Waals surface area contributed by atoms with Crippen LogP contribution in [0.15, 0.2) is 33.5 Å². The van der Waals surface area contributed by atoms with Crippen molar-refractivity contribution >= 4 is 11.0 Å². The van der Waals surface area contributed by atoms with E-state index in [2.05, 4.69) is 0 Å². The van der Waals surface area contributed by atoms with Crippen molar-refractivity contribution in [3.05, 3.63) is 40.2 Å². The van der Waals surface area contributed by atoms with Crippen molar-refractivity contribution in [2.75, 3.05) is 6.61 Å². The Balaban J connectivity index is 1.87. The van der Waals surface area contributed by atoms with E-state index in [9.17, 15) is 20.1 Å². The van der Waals surface area contributed by atoms with Crippen LogP contribution in [0.3, 0.4) is 0 Å². The lowest BCUT2D eigenvalue weighted by atomic mass is 9.99. The Kier molecular flexibility index (Phi) is 4.57. The van der Waals surface area contributed by atoms with Crippen molar-refractivity contribution in [3.63, 3.8) is 0 Å². The van der Waals surface area contributed by atoms with Gasteiger partial charge in [0.1, 0.15) is 35.7 Å². The molecule has 1 aliphatic rings. The van der Waals surface area contributed by atoms with Gasteiger partial charge in [-0.2, -0.15) is 0 Å². The highest BCUT2D eigenvalue weighted by molar-refractivity contribution is 5.81. The summed E-state index contributed by atoms with van der Waals surface area (Å²) in [5, 5.41) is 39.4. The minimum Gasteiger partial charge on any atom is -0.462 e. The maximum atomic E-state index is 11.5. The van der Waals surface area contributed by atoms with Crippen LogP contribution in [0, 0.1) is 6.92 Å². The highest BCUT2D eigenvalue weighted by Gasteiger charge is 2.44. The van der Waals surface area contributed by atoms with E-state index in [4.69, 9.17) is 19.0 Å². The van der Waals surface area contributed by atoms with Crippen LogP contribution in [0.1, 0.15) is 5.56 Å². The van der Waals surface area contributed by atoms with Gasteiger partial charge in [-0.15, -0.1) is 0 Å². The van der Waals surface area contributed by atoms with Crippen LogP contribution in [0.4, 0.5) is 0 Å². The summed E-state index contributed by atoms with van der Waals surface area (Å²) in [4.78, 5) is 11.5. The van der Waals surface area contributed by atoms with Gasteiger partial charge in [0.2, 0.25) is 6.29 Å². The molecule has 2 heterocycles. The molecule has 8 heteroatoms. The molecule has 0 saturated carbocycles. The summed E-state index contributed by atoms with van der Waals surface area (Å²) in [5.41, 5.74) is 0.563. The van der Waals surface area contributed by atoms with Gasteiger partial charge in [0, 0.05) is 17.5 Å². The third kappa shape index (κ3) is 3.02. The van der Waals surface area contributed by atoms with Gasteiger partial charge in [0.15, 0.2) is 0 Å². The fraction of sp³-hybridized carbons (Fsp3) is 0.438. The van der Waals surface area contributed by atoms with Crippen molar-refractivity contribution in [1.29, 1.82) is 0 Å². The molecule has 2 unspecified atom stereocenters. The third-order valence-electron chi connectivity index (χ3n) is 4.02. The first-order valence-corrected chi connectivity index (χ1v) is 7.42. The van der Waals surface area contributed by atoms with Gasteiger partial charge in [0.25, 0.3) is 0 Å². The van der Waals surface area contributed by atoms with Crippen molar-refractivity contribution < 1.29 is 34.3 Å². The van der Waals surface area contributed by atoms with Gasteiger partial charge < -0.3 is 34.3 Å². The molecule has 0 bridgehead atoms. The summed E-state index contributed by atoms with van der Waals surface area (Å²) >= 11 is 0. The normalized spacial score (nSPS) is 30.5. The lowest BCUT2D eigenvalue weighted by molar-refractivity contribution is -0.277. The number of fused-ring (bicyclic) bond motifs is 1. The summed E-state index contributed by atoms with van der Waals surface area (Å²) in [6.45, 7) is 1.23. The van der Waals surface area contributed by atoms with E-state index in [1.807, 2.05) is 0 Å². The molecule has 1 aromatic heterocycles. The highest BCUT2D eigenvalue weighted by atomic mass is 16.7. The molecule has 0 spiro atoms. The van der Waals surface area contributed by atoms with Crippen molar-refractivity contribution in [3.8, 4) is 5.75 Å². The largest absolute Gasteiger partial charge is 0.462 e. The Morgan fingerprint density at radius 3 is 2.58 bits per heavy atom. The summed E-state index contributed by atoms with van der Waals surface area (Å²) in [7, 11) is 0. The van der Waals surface area contributed by atoms with E-state index in [0.717, 1.165) is 10.9 Å². The van der Waals surface area contributed by atoms with Crippen LogP contribution < -0.4 is 10.4 Å². The number of aliphatic hydroxyl groups excluding tert-OH is 4. The molecule has 3 rings (SSSR count). The predicted octanol–water partition coefficient (Wildman–Crippen LogP) is -0.720. The zero-order valence-corrected chi connectivity index (χ0v) is 12.8. The maximum absolute atomic E-state index is 11.5. The van der Waals surface area contributed by atoms with E-state index < -0.39 is 42.9 Å². The molecular formula is C16H18O8. The summed E-state index contributed by atoms with van der Waals surface area (Å²) in [6, 6.07) is 6.12. The highest BCUT2D eigenvalue weighted by Crippen LogP contribution is 2.27. The van der Waals surface area contributed by atoms with Crippen LogP contribution >= 0.6 is 0 Å². The van der Waals surface area contributed by atoms with Crippen molar-refractivity contribution in [2.24, 2.45) is 0 Å². The molecule has 24 heavy (non-hydrogen) atoms. The summed E-state index contributed by atoms with van der Waals surface area (Å²) < 4.78 is 15.9. The first kappa shape index (κ1) is 16.9. The molecule has 0 radical (unpaired) electrons. The standard InChI is InChI=1S/C16H18O8/c1-7-4-12(18)23-10-5-8(2-3-9(7)10)22-16-15(21)14(20)13(19)11(6-17)24-16/h2-5,11,13-17,19-21H,6H2,1H3/t11?,13-,14?,15-,16+/m1/s1. The first-order valence-electron chi connectivity index (χ1n) is 7.42. The molecular weight excluding hydrogens is 320 g/mol. The van der Waals surface area contributed by atoms with Gasteiger partial charge in [-0.1, -0.05) is 0 Å². The fourth-order valence-corrected chi connectivity index (χ4v) is 2.68. The van der Waals surface area contributed by atoms with Gasteiger partial charge in [-0.05, 0) is 24.6 Å². The summed E-state index contributed by atoms with van der Waals surface area (Å²) in [5.74, 6) is 0.237. The minimum atomic E-state index is -1.53. The molecule has 4 N–H and O–H groups in total. The molecule has 1 saturated heterocycles. The molecule has 130 valence electrons. The van der Waals surface area contributed by atoms with Crippen LogP contribution in [-0.4, -0.2) is 57.7 Å². The topological polar surface area (TPSA) is 130 Å². The van der Waals surface area contributed by atoms with Crippen molar-refractivity contribution in [1.82, 2.24) is 0 Å². The van der Waals surface area contributed by atoms with Crippen LogP contribution in [0.2, 0.25) is 0 Å². The Labute approximate surface area is 136 Å². The number of hydrogen-bond donors (Lipinski definition) is 4. The SMILES string of the molecule is Cc1cc(=O)oc2cc(O[C@H]3OC(CO)[C@@H](O)C(O)[C@H]3O)ccc12. The number of rotatable bonds is 3. The number of ether oxygens (including phenoxy) is 2. The van der Waals surface area contributed by atoms with E-state index in [1.54, 1.807) is 19.1 Å². The Morgan fingerprint density at radius 1 is 1.12 bits per heavy atom. The van der Waals surface area contributed by atoms with Crippen LogP contribution in [0.5, 0.6) is 5.75 Å². The third-order valence-corrected chi connectivity index (χ3v) is 4.02. The van der Waals surface area contributed by atoms with E-state index in [1.165, 1.54) is 12.1 Å². The van der Waals surface area contributed by atoms with Gasteiger partial charge >= 0.3 is 5.63 Å². The van der Waals surface area contributed by atoms with Crippen LogP contribution in [-0.2, 0) is 4.74 Å². The van der Waals surface area contributed by atoms with Crippen molar-refractivity contribution in [2.45, 2.75) is 37.6 Å². The fourth-order valence-electron chi connectivity index (χ4n) is 2.68. The second-order valence-corrected chi connectivity index (χ2v) is 5.72. The molecule has 1 aromatic carbocycles. The molecule has 5 atom stereocenters. The molecule has 0 amide bonds. The van der Waals surface area contributed by atoms with Gasteiger partial charge in [-0.25, -0.2) is 4.79 Å². The zero-order valence-electron chi connectivity index (χ0n) is 12.8. The van der Waals surface area contributed by atoms with Crippen LogP contribution in [0.25, 0.3) is 11.0 Å². The Morgan fingerprint density at radius 2 is 1.88 bits per heavy atom. The average Bonchev–Trinajstić information content (AvgIpc) is 2.55. The molecule has 1 fully saturated rings. The molecule has 2 aromatic rings. The molecule has 0 aliphatic carbocycles. The first-order chi connectivity index (χ1) is 11.4. The van der Waals surface area contributed by atoms with E-state index in [0.29, 0.717) is 5.58 Å². The smallest absolute Gasteiger partial charge is 0.336 e. The molecule has 1 aliphatic heterocycles. The number of aliphatic hydroxyl groups is 4. The Bertz CT molecular complexity index is 783. The van der Waals surface area contributed by atoms with E-state index >= 15 is 0 Å². The summed E-state index contributed by atoms with van der Waals surface area (Å²) in [6.07, 6.45) is -6.85. The number of benzene rings is 1. The maximum Gasteiger partial charge on any atom is 0.336 e. The van der Waals surface area contributed by atoms with Gasteiger partial charge in [0.05, 0.1) is 6.61 Å². The number of aryl methyl sites for hydroxylation is 1. The minimum absolute atomic E-state index is 0.237. The zero-order chi connectivity index (χ0) is 17.4. The second-order valence-electron chi connectivity index (χ2n) is 5.72. The predicted molar refractivity (Wildman–Crippen MR) is 81.6 cm³/mol. The Hall–Kier alpha value is -1.97. The number of hydrogen-bond acceptors (Lipinski definition) is 8. The monoisotopic (exact) mass is 338 g/mol. The lowest BCUT2D eigenvalue weighted by Gasteiger charge is -2.39. The average molecular weight is 338 g/mol. The van der Waals surface area contributed by atoms with E-state index in [-0.39, 0.29) is 5.75 Å². The quantitative estimate of drug-likeness (QED) is 0.540.